The molecule has 2 rings (SSSR count). The molecular formula is C18H30NO2+. The fraction of sp³-hybridized carbons (Fsp3) is 0.667. The zero-order valence-corrected chi connectivity index (χ0v) is 13.9. The summed E-state index contributed by atoms with van der Waals surface area (Å²) in [5.74, 6) is 0.922. The van der Waals surface area contributed by atoms with Gasteiger partial charge >= 0.3 is 0 Å². The highest BCUT2D eigenvalue weighted by atomic mass is 16.5. The number of ether oxygens (including phenoxy) is 1. The van der Waals surface area contributed by atoms with Gasteiger partial charge in [0.25, 0.3) is 0 Å². The van der Waals surface area contributed by atoms with Crippen molar-refractivity contribution in [3.63, 3.8) is 0 Å². The predicted octanol–water partition coefficient (Wildman–Crippen LogP) is 1.89. The summed E-state index contributed by atoms with van der Waals surface area (Å²) in [6.07, 6.45) is 3.46. The van der Waals surface area contributed by atoms with Crippen LogP contribution >= 0.6 is 0 Å². The molecule has 2 N–H and O–H groups in total. The first kappa shape index (κ1) is 16.3. The lowest BCUT2D eigenvalue weighted by Crippen LogP contribution is -3.20. The smallest absolute Gasteiger partial charge is 0.137 e. The molecule has 1 fully saturated rings. The van der Waals surface area contributed by atoms with Gasteiger partial charge in [-0.3, -0.25) is 0 Å². The van der Waals surface area contributed by atoms with Crippen molar-refractivity contribution in [1.82, 2.24) is 0 Å². The zero-order chi connectivity index (χ0) is 15.4. The minimum Gasteiger partial charge on any atom is -0.490 e. The number of nitrogens with one attached hydrogen (secondary N) is 1. The number of hydrogen-bond donors (Lipinski definition) is 2. The molecule has 21 heavy (non-hydrogen) atoms. The summed E-state index contributed by atoms with van der Waals surface area (Å²) in [5, 5.41) is 10.3. The van der Waals surface area contributed by atoms with E-state index in [4.69, 9.17) is 4.74 Å². The molecule has 1 aliphatic rings. The normalized spacial score (nSPS) is 27.4. The molecule has 3 heteroatoms. The van der Waals surface area contributed by atoms with E-state index >= 15 is 0 Å². The monoisotopic (exact) mass is 292 g/mol. The van der Waals surface area contributed by atoms with Crippen molar-refractivity contribution in [2.75, 3.05) is 13.2 Å². The van der Waals surface area contributed by atoms with Gasteiger partial charge in [0.2, 0.25) is 0 Å². The number of aliphatic hydroxyl groups excluding tert-OH is 1. The summed E-state index contributed by atoms with van der Waals surface area (Å²) in [6, 6.07) is 7.42. The summed E-state index contributed by atoms with van der Waals surface area (Å²) < 4.78 is 5.88. The van der Waals surface area contributed by atoms with Crippen molar-refractivity contribution in [2.24, 2.45) is 0 Å². The van der Waals surface area contributed by atoms with E-state index in [9.17, 15) is 5.11 Å². The molecular weight excluding hydrogens is 262 g/mol. The fourth-order valence-corrected chi connectivity index (χ4v) is 3.53. The molecule has 0 aromatic heterocycles. The van der Waals surface area contributed by atoms with E-state index in [0.29, 0.717) is 18.7 Å². The van der Waals surface area contributed by atoms with E-state index in [1.165, 1.54) is 24.2 Å². The lowest BCUT2D eigenvalue weighted by atomic mass is 9.97. The molecule has 0 spiro atoms. The third-order valence-electron chi connectivity index (χ3n) is 4.84. The summed E-state index contributed by atoms with van der Waals surface area (Å²) >= 11 is 0. The molecule has 1 aromatic carbocycles. The van der Waals surface area contributed by atoms with Crippen molar-refractivity contribution in [1.29, 1.82) is 0 Å². The molecule has 118 valence electrons. The highest BCUT2D eigenvalue weighted by Crippen LogP contribution is 2.22. The van der Waals surface area contributed by atoms with E-state index in [-0.39, 0.29) is 0 Å². The Bertz CT molecular complexity index is 430. The van der Waals surface area contributed by atoms with Crippen molar-refractivity contribution < 1.29 is 14.7 Å². The molecule has 0 bridgehead atoms. The molecule has 1 heterocycles. The lowest BCUT2D eigenvalue weighted by molar-refractivity contribution is -0.954. The van der Waals surface area contributed by atoms with Crippen molar-refractivity contribution in [3.05, 3.63) is 29.3 Å². The van der Waals surface area contributed by atoms with E-state index in [1.54, 1.807) is 0 Å². The Morgan fingerprint density at radius 2 is 1.76 bits per heavy atom. The summed E-state index contributed by atoms with van der Waals surface area (Å²) in [5.41, 5.74) is 2.27. The van der Waals surface area contributed by atoms with Crippen LogP contribution in [-0.2, 0) is 0 Å². The SMILES string of the molecule is Cc1cccc(C)c1OC[C@H](O)C[NH+]1[C@H](C)CCC[C@@H]1C. The maximum Gasteiger partial charge on any atom is 0.137 e. The molecule has 1 unspecified atom stereocenters. The van der Waals surface area contributed by atoms with Crippen LogP contribution in [-0.4, -0.2) is 36.4 Å². The molecule has 4 atom stereocenters. The van der Waals surface area contributed by atoms with Gasteiger partial charge in [-0.25, -0.2) is 0 Å². The maximum atomic E-state index is 10.3. The number of hydrogen-bond acceptors (Lipinski definition) is 2. The molecule has 0 amide bonds. The van der Waals surface area contributed by atoms with E-state index in [1.807, 2.05) is 6.07 Å². The third kappa shape index (κ3) is 4.21. The van der Waals surface area contributed by atoms with Gasteiger partial charge in [-0.2, -0.15) is 0 Å². The van der Waals surface area contributed by atoms with Crippen LogP contribution in [0.4, 0.5) is 0 Å². The Hall–Kier alpha value is -1.06. The minimum atomic E-state index is -0.401. The highest BCUT2D eigenvalue weighted by Gasteiger charge is 2.30. The maximum absolute atomic E-state index is 10.3. The van der Waals surface area contributed by atoms with Crippen LogP contribution in [0, 0.1) is 13.8 Å². The Labute approximate surface area is 128 Å². The lowest BCUT2D eigenvalue weighted by Gasteiger charge is -2.36. The molecule has 1 aliphatic heterocycles. The average molecular weight is 292 g/mol. The average Bonchev–Trinajstić information content (AvgIpc) is 2.42. The molecule has 0 aliphatic carbocycles. The second-order valence-electron chi connectivity index (χ2n) is 6.70. The van der Waals surface area contributed by atoms with Gasteiger partial charge < -0.3 is 14.7 Å². The van der Waals surface area contributed by atoms with Crippen LogP contribution in [0.3, 0.4) is 0 Å². The zero-order valence-electron chi connectivity index (χ0n) is 13.9. The largest absolute Gasteiger partial charge is 0.490 e. The highest BCUT2D eigenvalue weighted by molar-refractivity contribution is 5.39. The first-order valence-electron chi connectivity index (χ1n) is 8.21. The first-order chi connectivity index (χ1) is 9.99. The fourth-order valence-electron chi connectivity index (χ4n) is 3.53. The first-order valence-corrected chi connectivity index (χ1v) is 8.21. The van der Waals surface area contributed by atoms with Gasteiger partial charge in [-0.1, -0.05) is 18.2 Å². The number of likely N-dealkylation sites (tertiary alicyclic amines) is 1. The number of quaternary nitrogens is 1. The molecule has 3 nitrogen and oxygen atoms in total. The number of aryl methyl sites for hydroxylation is 2. The second-order valence-corrected chi connectivity index (χ2v) is 6.70. The predicted molar refractivity (Wildman–Crippen MR) is 86.0 cm³/mol. The van der Waals surface area contributed by atoms with Gasteiger partial charge in [-0.15, -0.1) is 0 Å². The van der Waals surface area contributed by atoms with Gasteiger partial charge in [0.15, 0.2) is 0 Å². The Morgan fingerprint density at radius 3 is 2.33 bits per heavy atom. The number of rotatable bonds is 5. The number of piperidine rings is 1. The van der Waals surface area contributed by atoms with Gasteiger partial charge in [0, 0.05) is 0 Å². The standard InChI is InChI=1S/C18H29NO2/c1-13-7-5-8-14(2)18(13)21-12-17(20)11-19-15(3)9-6-10-16(19)4/h5,7-8,15-17,20H,6,9-12H2,1-4H3/p+1/t15-,16+,17-/m1/s1. The van der Waals surface area contributed by atoms with Gasteiger partial charge in [0.1, 0.15) is 25.0 Å². The number of aliphatic hydroxyl groups is 1. The molecule has 0 radical (unpaired) electrons. The number of benzene rings is 1. The molecule has 1 saturated heterocycles. The Kier molecular flexibility index (Phi) is 5.65. The minimum absolute atomic E-state index is 0.384. The molecule has 0 saturated carbocycles. The van der Waals surface area contributed by atoms with Crippen LogP contribution in [0.5, 0.6) is 5.75 Å². The summed E-state index contributed by atoms with van der Waals surface area (Å²) in [6.45, 7) is 9.86. The summed E-state index contributed by atoms with van der Waals surface area (Å²) in [4.78, 5) is 1.53. The van der Waals surface area contributed by atoms with E-state index in [0.717, 1.165) is 23.4 Å². The van der Waals surface area contributed by atoms with Crippen molar-refractivity contribution in [2.45, 2.75) is 65.1 Å². The topological polar surface area (TPSA) is 33.9 Å². The van der Waals surface area contributed by atoms with Crippen molar-refractivity contribution in [3.8, 4) is 5.75 Å². The van der Waals surface area contributed by atoms with Crippen LogP contribution in [0.25, 0.3) is 0 Å². The van der Waals surface area contributed by atoms with E-state index < -0.39 is 6.10 Å². The van der Waals surface area contributed by atoms with Crippen LogP contribution < -0.4 is 9.64 Å². The number of para-hydroxylation sites is 1. The van der Waals surface area contributed by atoms with Crippen LogP contribution in [0.15, 0.2) is 18.2 Å². The Balaban J connectivity index is 1.88. The van der Waals surface area contributed by atoms with Crippen LogP contribution in [0.2, 0.25) is 0 Å². The van der Waals surface area contributed by atoms with Crippen LogP contribution in [0.1, 0.15) is 44.2 Å². The van der Waals surface area contributed by atoms with E-state index in [2.05, 4.69) is 39.8 Å². The molecule has 1 aromatic rings. The quantitative estimate of drug-likeness (QED) is 0.869. The van der Waals surface area contributed by atoms with Gasteiger partial charge in [0.05, 0.1) is 12.1 Å². The second kappa shape index (κ2) is 7.28. The Morgan fingerprint density at radius 1 is 1.19 bits per heavy atom. The third-order valence-corrected chi connectivity index (χ3v) is 4.84. The summed E-state index contributed by atoms with van der Waals surface area (Å²) in [7, 11) is 0. The van der Waals surface area contributed by atoms with Crippen molar-refractivity contribution >= 4 is 0 Å². The van der Waals surface area contributed by atoms with Gasteiger partial charge in [-0.05, 0) is 58.1 Å².